The third-order valence-corrected chi connectivity index (χ3v) is 3.39. The van der Waals surface area contributed by atoms with Crippen molar-refractivity contribution >= 4 is 34.4 Å². The Labute approximate surface area is 117 Å². The summed E-state index contributed by atoms with van der Waals surface area (Å²) in [5.41, 5.74) is 0.0682. The molecule has 2 heterocycles. The molecule has 0 saturated heterocycles. The third-order valence-electron chi connectivity index (χ3n) is 2.31. The van der Waals surface area contributed by atoms with E-state index in [0.29, 0.717) is 6.54 Å². The van der Waals surface area contributed by atoms with Gasteiger partial charge in [0, 0.05) is 11.1 Å². The summed E-state index contributed by atoms with van der Waals surface area (Å²) in [6, 6.07) is 0. The van der Waals surface area contributed by atoms with Crippen LogP contribution in [0.1, 0.15) is 15.6 Å². The second-order valence-corrected chi connectivity index (χ2v) is 5.39. The fourth-order valence-corrected chi connectivity index (χ4v) is 2.48. The number of aromatic nitrogens is 3. The number of nitrogens with one attached hydrogen (secondary N) is 1. The van der Waals surface area contributed by atoms with E-state index in [1.54, 1.807) is 6.20 Å². The van der Waals surface area contributed by atoms with Crippen LogP contribution in [0.5, 0.6) is 0 Å². The van der Waals surface area contributed by atoms with E-state index >= 15 is 0 Å². The minimum atomic E-state index is -0.522. The number of halogens is 1. The average Bonchev–Trinajstić information content (AvgIpc) is 2.71. The average molecular weight is 300 g/mol. The van der Waals surface area contributed by atoms with Crippen LogP contribution in [-0.4, -0.2) is 19.9 Å². The topological polar surface area (TPSA) is 93.8 Å². The van der Waals surface area contributed by atoms with Gasteiger partial charge in [-0.1, -0.05) is 0 Å². The number of rotatable bonds is 4. The molecule has 0 aromatic carbocycles. The van der Waals surface area contributed by atoms with Gasteiger partial charge in [0.25, 0.3) is 0 Å². The number of nitrogens with zero attached hydrogens (tertiary/aromatic N) is 4. The van der Waals surface area contributed by atoms with Crippen LogP contribution in [0.4, 0.5) is 11.5 Å². The fourth-order valence-electron chi connectivity index (χ4n) is 1.53. The third kappa shape index (κ3) is 3.15. The maximum atomic E-state index is 11.0. The van der Waals surface area contributed by atoms with Gasteiger partial charge in [-0.25, -0.2) is 9.97 Å². The molecule has 0 spiro atoms. The highest BCUT2D eigenvalue weighted by atomic mass is 35.5. The van der Waals surface area contributed by atoms with Crippen LogP contribution in [0.25, 0.3) is 0 Å². The first kappa shape index (κ1) is 13.6. The second-order valence-electron chi connectivity index (χ2n) is 3.73. The van der Waals surface area contributed by atoms with Crippen molar-refractivity contribution in [3.05, 3.63) is 37.2 Å². The van der Waals surface area contributed by atoms with Crippen molar-refractivity contribution in [2.75, 3.05) is 5.32 Å². The maximum Gasteiger partial charge on any atom is 0.332 e. The molecule has 0 saturated carbocycles. The molecule has 1 N–H and O–H groups in total. The smallest absolute Gasteiger partial charge is 0.332 e. The molecular weight excluding hydrogens is 290 g/mol. The van der Waals surface area contributed by atoms with Crippen molar-refractivity contribution < 1.29 is 4.92 Å². The Bertz CT molecular complexity index is 630. The van der Waals surface area contributed by atoms with Crippen LogP contribution in [0, 0.1) is 24.0 Å². The van der Waals surface area contributed by atoms with E-state index in [2.05, 4.69) is 20.3 Å². The van der Waals surface area contributed by atoms with Crippen LogP contribution in [0.15, 0.2) is 6.20 Å². The van der Waals surface area contributed by atoms with Gasteiger partial charge in [0.2, 0.25) is 11.1 Å². The minimum absolute atomic E-state index is 0.0221. The van der Waals surface area contributed by atoms with E-state index in [9.17, 15) is 10.1 Å². The number of hydrogen-bond acceptors (Lipinski definition) is 7. The summed E-state index contributed by atoms with van der Waals surface area (Å²) in [5, 5.41) is 14.8. The first-order valence-corrected chi connectivity index (χ1v) is 6.50. The molecule has 0 atom stereocenters. The van der Waals surface area contributed by atoms with Crippen molar-refractivity contribution in [1.29, 1.82) is 0 Å². The van der Waals surface area contributed by atoms with Gasteiger partial charge >= 0.3 is 5.69 Å². The molecule has 0 fully saturated rings. The first-order valence-electron chi connectivity index (χ1n) is 5.31. The lowest BCUT2D eigenvalue weighted by Gasteiger charge is -2.06. The Morgan fingerprint density at radius 2 is 2.21 bits per heavy atom. The summed E-state index contributed by atoms with van der Waals surface area (Å²) >= 11 is 7.23. The summed E-state index contributed by atoms with van der Waals surface area (Å²) in [7, 11) is 0. The van der Waals surface area contributed by atoms with Gasteiger partial charge < -0.3 is 5.32 Å². The van der Waals surface area contributed by atoms with Gasteiger partial charge in [-0.2, -0.15) is 4.98 Å². The Morgan fingerprint density at radius 3 is 2.79 bits per heavy atom. The number of nitro groups is 1. The van der Waals surface area contributed by atoms with Crippen LogP contribution >= 0.6 is 22.9 Å². The predicted octanol–water partition coefficient (Wildman–Crippen LogP) is 2.72. The van der Waals surface area contributed by atoms with E-state index < -0.39 is 4.92 Å². The van der Waals surface area contributed by atoms with Crippen molar-refractivity contribution in [2.24, 2.45) is 0 Å². The molecule has 0 radical (unpaired) electrons. The first-order chi connectivity index (χ1) is 8.97. The van der Waals surface area contributed by atoms with Crippen LogP contribution in [0.2, 0.25) is 5.28 Å². The van der Waals surface area contributed by atoms with Crippen molar-refractivity contribution in [2.45, 2.75) is 20.4 Å². The highest BCUT2D eigenvalue weighted by Crippen LogP contribution is 2.27. The highest BCUT2D eigenvalue weighted by molar-refractivity contribution is 7.11. The van der Waals surface area contributed by atoms with Gasteiger partial charge in [0.05, 0.1) is 16.5 Å². The maximum absolute atomic E-state index is 11.0. The molecule has 0 aliphatic carbocycles. The van der Waals surface area contributed by atoms with E-state index in [0.717, 1.165) is 9.88 Å². The lowest BCUT2D eigenvalue weighted by atomic mass is 10.3. The van der Waals surface area contributed by atoms with Gasteiger partial charge in [-0.05, 0) is 25.4 Å². The second kappa shape index (κ2) is 5.45. The zero-order chi connectivity index (χ0) is 14.0. The van der Waals surface area contributed by atoms with E-state index in [4.69, 9.17) is 11.6 Å². The summed E-state index contributed by atoms with van der Waals surface area (Å²) in [4.78, 5) is 23.2. The Kier molecular flexibility index (Phi) is 3.91. The SMILES string of the molecule is Cc1ncc(CNc2nc(Cl)nc(C)c2[N+](=O)[O-])s1. The van der Waals surface area contributed by atoms with E-state index in [-0.39, 0.29) is 22.5 Å². The van der Waals surface area contributed by atoms with Gasteiger partial charge in [-0.3, -0.25) is 10.1 Å². The number of thiazole rings is 1. The molecule has 7 nitrogen and oxygen atoms in total. The molecule has 100 valence electrons. The molecule has 0 aliphatic heterocycles. The summed E-state index contributed by atoms with van der Waals surface area (Å²) < 4.78 is 0. The summed E-state index contributed by atoms with van der Waals surface area (Å²) in [6.45, 7) is 3.81. The zero-order valence-corrected chi connectivity index (χ0v) is 11.7. The Hall–Kier alpha value is -1.80. The van der Waals surface area contributed by atoms with Crippen molar-refractivity contribution in [3.8, 4) is 0 Å². The lowest BCUT2D eigenvalue weighted by Crippen LogP contribution is -2.07. The predicted molar refractivity (Wildman–Crippen MR) is 72.6 cm³/mol. The molecule has 19 heavy (non-hydrogen) atoms. The Balaban J connectivity index is 2.26. The van der Waals surface area contributed by atoms with E-state index in [1.807, 2.05) is 6.92 Å². The number of anilines is 1. The molecule has 0 bridgehead atoms. The van der Waals surface area contributed by atoms with Gasteiger partial charge in [0.15, 0.2) is 0 Å². The number of hydrogen-bond donors (Lipinski definition) is 1. The van der Waals surface area contributed by atoms with Crippen LogP contribution in [-0.2, 0) is 6.54 Å². The van der Waals surface area contributed by atoms with Gasteiger partial charge in [-0.15, -0.1) is 11.3 Å². The largest absolute Gasteiger partial charge is 0.359 e. The van der Waals surface area contributed by atoms with Crippen molar-refractivity contribution in [3.63, 3.8) is 0 Å². The zero-order valence-electron chi connectivity index (χ0n) is 10.2. The fraction of sp³-hybridized carbons (Fsp3) is 0.300. The molecular formula is C10H10ClN5O2S. The summed E-state index contributed by atoms with van der Waals surface area (Å²) in [6.07, 6.45) is 1.72. The Morgan fingerprint density at radius 1 is 1.47 bits per heavy atom. The number of aryl methyl sites for hydroxylation is 2. The normalized spacial score (nSPS) is 10.5. The monoisotopic (exact) mass is 299 g/mol. The molecule has 0 aliphatic rings. The molecule has 2 rings (SSSR count). The quantitative estimate of drug-likeness (QED) is 0.530. The van der Waals surface area contributed by atoms with Crippen LogP contribution < -0.4 is 5.32 Å². The van der Waals surface area contributed by atoms with Crippen molar-refractivity contribution in [1.82, 2.24) is 15.0 Å². The van der Waals surface area contributed by atoms with Gasteiger partial charge in [0.1, 0.15) is 5.69 Å². The molecule has 0 amide bonds. The van der Waals surface area contributed by atoms with Crippen LogP contribution in [0.3, 0.4) is 0 Å². The molecule has 2 aromatic rings. The molecule has 0 unspecified atom stereocenters. The standard InChI is InChI=1S/C10H10ClN5O2S/c1-5-8(16(17)18)9(15-10(11)14-5)13-4-7-3-12-6(2)19-7/h3H,4H2,1-2H3,(H,13,14,15). The minimum Gasteiger partial charge on any atom is -0.359 e. The highest BCUT2D eigenvalue weighted by Gasteiger charge is 2.21. The van der Waals surface area contributed by atoms with E-state index in [1.165, 1.54) is 18.3 Å². The lowest BCUT2D eigenvalue weighted by molar-refractivity contribution is -0.385. The summed E-state index contributed by atoms with van der Waals surface area (Å²) in [5.74, 6) is 0.119. The molecule has 9 heteroatoms. The molecule has 2 aromatic heterocycles.